The number of benzene rings is 2. The second-order valence-corrected chi connectivity index (χ2v) is 7.46. The highest BCUT2D eigenvalue weighted by Gasteiger charge is 2.36. The second-order valence-electron chi connectivity index (χ2n) is 7.46. The molecule has 0 radical (unpaired) electrons. The van der Waals surface area contributed by atoms with Gasteiger partial charge in [0.15, 0.2) is 0 Å². The molecular formula is C23H28FN3OS. The Labute approximate surface area is 177 Å². The van der Waals surface area contributed by atoms with E-state index in [0.717, 1.165) is 42.5 Å². The van der Waals surface area contributed by atoms with E-state index in [1.165, 1.54) is 18.6 Å². The van der Waals surface area contributed by atoms with Crippen LogP contribution >= 0.6 is 12.6 Å². The summed E-state index contributed by atoms with van der Waals surface area (Å²) in [5.41, 5.74) is 9.05. The Morgan fingerprint density at radius 2 is 1.79 bits per heavy atom. The molecule has 0 aromatic heterocycles. The molecule has 1 fully saturated rings. The number of carbonyl (C=O) groups is 1. The maximum Gasteiger partial charge on any atom is 0.246 e. The lowest BCUT2D eigenvalue weighted by atomic mass is 9.88. The van der Waals surface area contributed by atoms with Gasteiger partial charge in [-0.1, -0.05) is 43.5 Å². The minimum Gasteiger partial charge on any atom is -0.399 e. The lowest BCUT2D eigenvalue weighted by Crippen LogP contribution is -2.34. The fraction of sp³-hybridized carbons (Fsp3) is 0.391. The smallest absolute Gasteiger partial charge is 0.246 e. The van der Waals surface area contributed by atoms with Gasteiger partial charge in [0.1, 0.15) is 5.82 Å². The quantitative estimate of drug-likeness (QED) is 0.536. The third-order valence-electron chi connectivity index (χ3n) is 5.57. The van der Waals surface area contributed by atoms with Gasteiger partial charge in [-0.15, -0.1) is 0 Å². The number of thiol groups is 1. The molecule has 1 amide bonds. The summed E-state index contributed by atoms with van der Waals surface area (Å²) in [4.78, 5) is 13.2. The summed E-state index contributed by atoms with van der Waals surface area (Å²) in [5.74, 6) is -0.211. The number of hydrogen-bond acceptors (Lipinski definition) is 4. The molecule has 0 spiro atoms. The van der Waals surface area contributed by atoms with Crippen LogP contribution in [0.4, 0.5) is 10.1 Å². The Morgan fingerprint density at radius 3 is 2.45 bits per heavy atom. The minimum absolute atomic E-state index is 0.0179. The first-order valence-electron chi connectivity index (χ1n) is 10.1. The molecule has 1 aliphatic carbocycles. The van der Waals surface area contributed by atoms with Crippen LogP contribution in [0, 0.1) is 11.7 Å². The molecule has 2 aromatic rings. The molecule has 29 heavy (non-hydrogen) atoms. The van der Waals surface area contributed by atoms with Crippen molar-refractivity contribution in [1.82, 2.24) is 5.01 Å². The molecule has 1 saturated carbocycles. The molecule has 2 aliphatic rings. The molecular weight excluding hydrogens is 385 g/mol. The van der Waals surface area contributed by atoms with Crippen LogP contribution in [-0.4, -0.2) is 22.9 Å². The summed E-state index contributed by atoms with van der Waals surface area (Å²) in [6.45, 7) is 0. The zero-order chi connectivity index (χ0) is 20.8. The number of nitrogen functional groups attached to an aromatic ring is 1. The van der Waals surface area contributed by atoms with Gasteiger partial charge in [-0.3, -0.25) is 4.79 Å². The first-order valence-corrected chi connectivity index (χ1v) is 11.0. The Bertz CT molecular complexity index is 863. The van der Waals surface area contributed by atoms with Crippen LogP contribution in [0.15, 0.2) is 53.6 Å². The monoisotopic (exact) mass is 413 g/mol. The van der Waals surface area contributed by atoms with E-state index in [1.54, 1.807) is 17.3 Å². The van der Waals surface area contributed by atoms with Crippen LogP contribution in [0.1, 0.15) is 55.7 Å². The van der Waals surface area contributed by atoms with E-state index in [2.05, 4.69) is 17.7 Å². The maximum atomic E-state index is 13.8. The van der Waals surface area contributed by atoms with Gasteiger partial charge in [0, 0.05) is 18.0 Å². The summed E-state index contributed by atoms with van der Waals surface area (Å²) >= 11 is 3.53. The standard InChI is InChI=1S/C22H24FN3O.CH4S/c23-18-8-4-7-17(13-18)21-14-20(15-9-11-19(24)12-10-15)25-26(21)22(27)16-5-2-1-3-6-16;1-2/h4,7-13,16,21H,1-3,5-6,14,24H2;2H,1H3. The van der Waals surface area contributed by atoms with Crippen molar-refractivity contribution in [3.63, 3.8) is 0 Å². The molecule has 1 unspecified atom stereocenters. The highest BCUT2D eigenvalue weighted by atomic mass is 32.1. The van der Waals surface area contributed by atoms with E-state index < -0.39 is 0 Å². The van der Waals surface area contributed by atoms with Gasteiger partial charge in [0.25, 0.3) is 0 Å². The van der Waals surface area contributed by atoms with Crippen LogP contribution in [0.5, 0.6) is 0 Å². The zero-order valence-corrected chi connectivity index (χ0v) is 17.6. The maximum absolute atomic E-state index is 13.8. The Morgan fingerprint density at radius 1 is 1.10 bits per heavy atom. The van der Waals surface area contributed by atoms with Crippen molar-refractivity contribution in [2.24, 2.45) is 11.0 Å². The number of carbonyl (C=O) groups excluding carboxylic acids is 1. The third kappa shape index (κ3) is 4.99. The Balaban J connectivity index is 0.00000117. The molecule has 154 valence electrons. The summed E-state index contributed by atoms with van der Waals surface area (Å²) < 4.78 is 13.8. The second kappa shape index (κ2) is 9.92. The molecule has 4 nitrogen and oxygen atoms in total. The normalized spacial score (nSPS) is 19.3. The molecule has 2 N–H and O–H groups in total. The van der Waals surface area contributed by atoms with Gasteiger partial charge >= 0.3 is 0 Å². The van der Waals surface area contributed by atoms with Gasteiger partial charge in [0.2, 0.25) is 5.91 Å². The van der Waals surface area contributed by atoms with E-state index in [4.69, 9.17) is 5.73 Å². The predicted molar refractivity (Wildman–Crippen MR) is 119 cm³/mol. The van der Waals surface area contributed by atoms with Gasteiger partial charge in [0.05, 0.1) is 11.8 Å². The molecule has 4 rings (SSSR count). The largest absolute Gasteiger partial charge is 0.399 e. The van der Waals surface area contributed by atoms with Crippen molar-refractivity contribution in [2.45, 2.75) is 44.6 Å². The number of hydrogen-bond donors (Lipinski definition) is 2. The van der Waals surface area contributed by atoms with Crippen molar-refractivity contribution in [3.8, 4) is 0 Å². The predicted octanol–water partition coefficient (Wildman–Crippen LogP) is 5.21. The number of anilines is 1. The summed E-state index contributed by atoms with van der Waals surface area (Å²) in [5, 5.41) is 6.30. The van der Waals surface area contributed by atoms with Crippen molar-refractivity contribution in [3.05, 3.63) is 65.5 Å². The fourth-order valence-electron chi connectivity index (χ4n) is 4.07. The molecule has 1 aliphatic heterocycles. The number of nitrogens with zero attached hydrogens (tertiary/aromatic N) is 2. The summed E-state index contributed by atoms with van der Waals surface area (Å²) in [7, 11) is 0. The van der Waals surface area contributed by atoms with E-state index in [1.807, 2.05) is 30.3 Å². The third-order valence-corrected chi connectivity index (χ3v) is 5.57. The average Bonchev–Trinajstić information content (AvgIpc) is 3.21. The summed E-state index contributed by atoms with van der Waals surface area (Å²) in [6.07, 6.45) is 7.46. The number of nitrogens with two attached hydrogens (primary N) is 1. The van der Waals surface area contributed by atoms with Crippen LogP contribution in [0.3, 0.4) is 0 Å². The van der Waals surface area contributed by atoms with Crippen molar-refractivity contribution in [2.75, 3.05) is 12.0 Å². The fourth-order valence-corrected chi connectivity index (χ4v) is 4.07. The Hall–Kier alpha value is -2.34. The van der Waals surface area contributed by atoms with Crippen LogP contribution < -0.4 is 5.73 Å². The highest BCUT2D eigenvalue weighted by Crippen LogP contribution is 2.36. The van der Waals surface area contributed by atoms with Crippen LogP contribution in [0.2, 0.25) is 0 Å². The van der Waals surface area contributed by atoms with E-state index >= 15 is 0 Å². The number of hydrazone groups is 1. The van der Waals surface area contributed by atoms with E-state index in [-0.39, 0.29) is 23.7 Å². The van der Waals surface area contributed by atoms with Crippen LogP contribution in [-0.2, 0) is 4.79 Å². The molecule has 2 aromatic carbocycles. The number of halogens is 1. The molecule has 1 heterocycles. The van der Waals surface area contributed by atoms with Gasteiger partial charge in [-0.05, 0) is 54.5 Å². The van der Waals surface area contributed by atoms with Crippen molar-refractivity contribution < 1.29 is 9.18 Å². The Kier molecular flexibility index (Phi) is 7.31. The van der Waals surface area contributed by atoms with Crippen molar-refractivity contribution >= 4 is 29.9 Å². The van der Waals surface area contributed by atoms with Crippen molar-refractivity contribution in [1.29, 1.82) is 0 Å². The minimum atomic E-state index is -0.293. The van der Waals surface area contributed by atoms with E-state index in [0.29, 0.717) is 12.1 Å². The average molecular weight is 414 g/mol. The molecule has 1 atom stereocenters. The number of amides is 1. The van der Waals surface area contributed by atoms with Gasteiger partial charge in [-0.25, -0.2) is 9.40 Å². The molecule has 0 bridgehead atoms. The molecule has 6 heteroatoms. The molecule has 0 saturated heterocycles. The van der Waals surface area contributed by atoms with Gasteiger partial charge < -0.3 is 5.73 Å². The zero-order valence-electron chi connectivity index (χ0n) is 16.7. The lowest BCUT2D eigenvalue weighted by molar-refractivity contribution is -0.138. The van der Waals surface area contributed by atoms with Gasteiger partial charge in [-0.2, -0.15) is 17.7 Å². The summed E-state index contributed by atoms with van der Waals surface area (Å²) in [6, 6.07) is 13.7. The number of rotatable bonds is 3. The first-order chi connectivity index (χ1) is 14.1. The highest BCUT2D eigenvalue weighted by molar-refractivity contribution is 7.79. The van der Waals surface area contributed by atoms with E-state index in [9.17, 15) is 9.18 Å². The van der Waals surface area contributed by atoms with Crippen LogP contribution in [0.25, 0.3) is 0 Å². The lowest BCUT2D eigenvalue weighted by Gasteiger charge is -2.28. The SMILES string of the molecule is CS.Nc1ccc(C2=NN(C(=O)C3CCCCC3)C(c3cccc(F)c3)C2)cc1. The topological polar surface area (TPSA) is 58.7 Å². The first kappa shape index (κ1) is 21.4.